The van der Waals surface area contributed by atoms with E-state index in [4.69, 9.17) is 4.74 Å². The van der Waals surface area contributed by atoms with Crippen LogP contribution in [0.3, 0.4) is 0 Å². The molecule has 0 heterocycles. The third kappa shape index (κ3) is 5.68. The summed E-state index contributed by atoms with van der Waals surface area (Å²) in [7, 11) is -2.25. The minimum absolute atomic E-state index is 0.103. The number of nitrogens with zero attached hydrogens (tertiary/aromatic N) is 1. The zero-order chi connectivity index (χ0) is 20.7. The second-order valence-electron chi connectivity index (χ2n) is 6.66. The van der Waals surface area contributed by atoms with E-state index in [9.17, 15) is 13.2 Å². The summed E-state index contributed by atoms with van der Waals surface area (Å²) in [6.45, 7) is 0.680. The Hall–Kier alpha value is -3.12. The molecule has 0 saturated carbocycles. The fourth-order valence-electron chi connectivity index (χ4n) is 2.96. The van der Waals surface area contributed by atoms with E-state index >= 15 is 0 Å². The van der Waals surface area contributed by atoms with Gasteiger partial charge < -0.3 is 9.64 Å². The van der Waals surface area contributed by atoms with Crippen molar-refractivity contribution in [3.8, 4) is 5.75 Å². The molecular formula is C23H23NO4S. The van der Waals surface area contributed by atoms with Crippen molar-refractivity contribution in [2.45, 2.75) is 18.0 Å². The lowest BCUT2D eigenvalue weighted by atomic mass is 10.1. The number of carbonyl (C=O) groups is 1. The molecule has 0 fully saturated rings. The Morgan fingerprint density at radius 1 is 0.793 bits per heavy atom. The number of benzene rings is 3. The molecule has 3 aromatic carbocycles. The standard InChI is InChI=1S/C23H23NO4S/c1-28-21-12-14-22(15-13-21)29(26,27)18-23(25)24(16-19-8-4-2-5-9-19)17-20-10-6-3-7-11-20/h2-15H,16-18H2,1H3. The van der Waals surface area contributed by atoms with Crippen LogP contribution in [0.2, 0.25) is 0 Å². The second-order valence-corrected chi connectivity index (χ2v) is 8.65. The van der Waals surface area contributed by atoms with Crippen LogP contribution < -0.4 is 4.74 Å². The second kappa shape index (κ2) is 9.39. The molecule has 0 spiro atoms. The molecule has 3 aromatic rings. The molecule has 0 unspecified atom stereocenters. The predicted molar refractivity (Wildman–Crippen MR) is 112 cm³/mol. The van der Waals surface area contributed by atoms with Crippen LogP contribution in [0.15, 0.2) is 89.8 Å². The highest BCUT2D eigenvalue weighted by molar-refractivity contribution is 7.92. The maximum absolute atomic E-state index is 13.0. The van der Waals surface area contributed by atoms with Crippen LogP contribution in [0.5, 0.6) is 5.75 Å². The van der Waals surface area contributed by atoms with E-state index in [-0.39, 0.29) is 4.90 Å². The highest BCUT2D eigenvalue weighted by Crippen LogP contribution is 2.18. The van der Waals surface area contributed by atoms with Gasteiger partial charge in [0.2, 0.25) is 5.91 Å². The smallest absolute Gasteiger partial charge is 0.238 e. The number of hydrogen-bond donors (Lipinski definition) is 0. The summed E-state index contributed by atoms with van der Waals surface area (Å²) >= 11 is 0. The van der Waals surface area contributed by atoms with Gasteiger partial charge in [-0.3, -0.25) is 4.79 Å². The van der Waals surface area contributed by atoms with Gasteiger partial charge in [-0.25, -0.2) is 8.42 Å². The van der Waals surface area contributed by atoms with E-state index in [0.717, 1.165) is 11.1 Å². The summed E-state index contributed by atoms with van der Waals surface area (Å²) in [5, 5.41) is 0. The highest BCUT2D eigenvalue weighted by atomic mass is 32.2. The summed E-state index contributed by atoms with van der Waals surface area (Å²) in [4.78, 5) is 14.7. The molecule has 0 aliphatic carbocycles. The Bertz CT molecular complexity index is 992. The molecule has 0 N–H and O–H groups in total. The number of amides is 1. The Labute approximate surface area is 171 Å². The van der Waals surface area contributed by atoms with Crippen molar-refractivity contribution < 1.29 is 17.9 Å². The fraction of sp³-hybridized carbons (Fsp3) is 0.174. The van der Waals surface area contributed by atoms with Crippen molar-refractivity contribution in [3.63, 3.8) is 0 Å². The Kier molecular flexibility index (Phi) is 6.67. The number of hydrogen-bond acceptors (Lipinski definition) is 4. The maximum Gasteiger partial charge on any atom is 0.238 e. The van der Waals surface area contributed by atoms with E-state index in [0.29, 0.717) is 18.8 Å². The van der Waals surface area contributed by atoms with Gasteiger partial charge in [-0.05, 0) is 35.4 Å². The minimum Gasteiger partial charge on any atom is -0.497 e. The quantitative estimate of drug-likeness (QED) is 0.569. The number of ether oxygens (including phenoxy) is 1. The van der Waals surface area contributed by atoms with Gasteiger partial charge in [0.25, 0.3) is 0 Å². The van der Waals surface area contributed by atoms with Crippen LogP contribution >= 0.6 is 0 Å². The van der Waals surface area contributed by atoms with Gasteiger partial charge in [-0.15, -0.1) is 0 Å². The molecule has 29 heavy (non-hydrogen) atoms. The Morgan fingerprint density at radius 3 is 1.72 bits per heavy atom. The molecule has 0 saturated heterocycles. The molecule has 5 nitrogen and oxygen atoms in total. The molecular weight excluding hydrogens is 386 g/mol. The molecule has 0 aliphatic rings. The lowest BCUT2D eigenvalue weighted by Crippen LogP contribution is -2.35. The molecule has 6 heteroatoms. The van der Waals surface area contributed by atoms with Crippen molar-refractivity contribution in [2.75, 3.05) is 12.9 Å². The number of carbonyl (C=O) groups excluding carboxylic acids is 1. The summed E-state index contributed by atoms with van der Waals surface area (Å²) < 4.78 is 30.6. The predicted octanol–water partition coefficient (Wildman–Crippen LogP) is 3.70. The molecule has 150 valence electrons. The molecule has 0 aliphatic heterocycles. The molecule has 0 aromatic heterocycles. The highest BCUT2D eigenvalue weighted by Gasteiger charge is 2.24. The maximum atomic E-state index is 13.0. The first-order valence-corrected chi connectivity index (χ1v) is 10.9. The van der Waals surface area contributed by atoms with Crippen molar-refractivity contribution in [1.82, 2.24) is 4.90 Å². The van der Waals surface area contributed by atoms with Crippen molar-refractivity contribution in [2.24, 2.45) is 0 Å². The van der Waals surface area contributed by atoms with Gasteiger partial charge in [-0.2, -0.15) is 0 Å². The van der Waals surface area contributed by atoms with Crippen LogP contribution in [0, 0.1) is 0 Å². The lowest BCUT2D eigenvalue weighted by Gasteiger charge is -2.23. The average molecular weight is 410 g/mol. The summed E-state index contributed by atoms with van der Waals surface area (Å²) in [5.74, 6) is -0.461. The third-order valence-electron chi connectivity index (χ3n) is 4.52. The Balaban J connectivity index is 1.80. The first-order chi connectivity index (χ1) is 14.0. The average Bonchev–Trinajstić information content (AvgIpc) is 2.74. The topological polar surface area (TPSA) is 63.7 Å². The van der Waals surface area contributed by atoms with Gasteiger partial charge >= 0.3 is 0 Å². The summed E-state index contributed by atoms with van der Waals surface area (Å²) in [6.07, 6.45) is 0. The van der Waals surface area contributed by atoms with Crippen LogP contribution in [-0.4, -0.2) is 32.1 Å². The third-order valence-corrected chi connectivity index (χ3v) is 6.13. The first kappa shape index (κ1) is 20.6. The first-order valence-electron chi connectivity index (χ1n) is 9.20. The van der Waals surface area contributed by atoms with Gasteiger partial charge in [-0.1, -0.05) is 60.7 Å². The van der Waals surface area contributed by atoms with Crippen LogP contribution in [0.4, 0.5) is 0 Å². The van der Waals surface area contributed by atoms with E-state index in [2.05, 4.69) is 0 Å². The lowest BCUT2D eigenvalue weighted by molar-refractivity contribution is -0.129. The number of methoxy groups -OCH3 is 1. The van der Waals surface area contributed by atoms with E-state index in [1.54, 1.807) is 17.0 Å². The van der Waals surface area contributed by atoms with Gasteiger partial charge in [0.05, 0.1) is 12.0 Å². The van der Waals surface area contributed by atoms with Crippen LogP contribution in [0.25, 0.3) is 0 Å². The number of sulfone groups is 1. The Morgan fingerprint density at radius 2 is 1.28 bits per heavy atom. The monoisotopic (exact) mass is 409 g/mol. The molecule has 0 atom stereocenters. The SMILES string of the molecule is COc1ccc(S(=O)(=O)CC(=O)N(Cc2ccccc2)Cc2ccccc2)cc1. The van der Waals surface area contributed by atoms with Crippen molar-refractivity contribution in [3.05, 3.63) is 96.1 Å². The van der Waals surface area contributed by atoms with Crippen molar-refractivity contribution >= 4 is 15.7 Å². The van der Waals surface area contributed by atoms with E-state index in [1.165, 1.54) is 19.2 Å². The normalized spacial score (nSPS) is 11.1. The van der Waals surface area contributed by atoms with Crippen molar-refractivity contribution in [1.29, 1.82) is 0 Å². The van der Waals surface area contributed by atoms with Gasteiger partial charge in [0.1, 0.15) is 11.5 Å². The van der Waals surface area contributed by atoms with Crippen LogP contribution in [-0.2, 0) is 27.7 Å². The minimum atomic E-state index is -3.76. The van der Waals surface area contributed by atoms with E-state index < -0.39 is 21.5 Å². The summed E-state index contributed by atoms with van der Waals surface area (Å²) in [5.41, 5.74) is 1.89. The summed E-state index contributed by atoms with van der Waals surface area (Å²) in [6, 6.07) is 25.1. The zero-order valence-corrected chi connectivity index (χ0v) is 17.0. The molecule has 1 amide bonds. The van der Waals surface area contributed by atoms with Crippen LogP contribution in [0.1, 0.15) is 11.1 Å². The molecule has 0 bridgehead atoms. The zero-order valence-electron chi connectivity index (χ0n) is 16.2. The largest absolute Gasteiger partial charge is 0.497 e. The van der Waals surface area contributed by atoms with E-state index in [1.807, 2.05) is 60.7 Å². The molecule has 3 rings (SSSR count). The van der Waals surface area contributed by atoms with Gasteiger partial charge in [0.15, 0.2) is 9.84 Å². The van der Waals surface area contributed by atoms with Gasteiger partial charge in [0, 0.05) is 13.1 Å². The number of rotatable bonds is 8. The molecule has 0 radical (unpaired) electrons. The fourth-order valence-corrected chi connectivity index (χ4v) is 4.19.